The normalized spacial score (nSPS) is 10.8. The van der Waals surface area contributed by atoms with Crippen molar-refractivity contribution in [1.29, 1.82) is 0 Å². The lowest BCUT2D eigenvalue weighted by Crippen LogP contribution is -1.97. The summed E-state index contributed by atoms with van der Waals surface area (Å²) in [6.45, 7) is 0. The minimum absolute atomic E-state index is 0.395. The van der Waals surface area contributed by atoms with Crippen LogP contribution >= 0.6 is 0 Å². The monoisotopic (exact) mass is 211 g/mol. The van der Waals surface area contributed by atoms with Gasteiger partial charge in [-0.3, -0.25) is 0 Å². The standard InChI is InChI=1S/C11H9N5/c12-10-9-11(14-7-6-13-9)16(15-10)8-4-2-1-3-5-8/h1-7H,(H2,12,15). The second kappa shape index (κ2) is 3.30. The van der Waals surface area contributed by atoms with Crippen LogP contribution in [-0.2, 0) is 0 Å². The summed E-state index contributed by atoms with van der Waals surface area (Å²) in [6.07, 6.45) is 3.23. The minimum Gasteiger partial charge on any atom is -0.380 e. The van der Waals surface area contributed by atoms with Crippen molar-refractivity contribution >= 4 is 17.0 Å². The number of hydrogen-bond donors (Lipinski definition) is 1. The molecule has 2 aromatic heterocycles. The molecule has 0 aliphatic heterocycles. The van der Waals surface area contributed by atoms with E-state index >= 15 is 0 Å². The molecule has 0 amide bonds. The van der Waals surface area contributed by atoms with E-state index in [0.29, 0.717) is 17.0 Å². The van der Waals surface area contributed by atoms with Crippen molar-refractivity contribution in [3.05, 3.63) is 42.7 Å². The zero-order chi connectivity index (χ0) is 11.0. The smallest absolute Gasteiger partial charge is 0.183 e. The average molecular weight is 211 g/mol. The molecular weight excluding hydrogens is 202 g/mol. The van der Waals surface area contributed by atoms with Crippen molar-refractivity contribution in [2.45, 2.75) is 0 Å². The van der Waals surface area contributed by atoms with Crippen LogP contribution in [0.2, 0.25) is 0 Å². The number of hydrogen-bond acceptors (Lipinski definition) is 4. The van der Waals surface area contributed by atoms with Crippen molar-refractivity contribution in [3.63, 3.8) is 0 Å². The van der Waals surface area contributed by atoms with Crippen LogP contribution in [0.4, 0.5) is 5.82 Å². The summed E-state index contributed by atoms with van der Waals surface area (Å²) in [4.78, 5) is 8.39. The molecule has 0 bridgehead atoms. The first-order valence-corrected chi connectivity index (χ1v) is 4.87. The molecular formula is C11H9N5. The van der Waals surface area contributed by atoms with Crippen molar-refractivity contribution in [1.82, 2.24) is 19.7 Å². The fourth-order valence-electron chi connectivity index (χ4n) is 1.62. The van der Waals surface area contributed by atoms with Gasteiger partial charge in [-0.2, -0.15) is 0 Å². The Morgan fingerprint density at radius 3 is 2.56 bits per heavy atom. The van der Waals surface area contributed by atoms with E-state index in [1.54, 1.807) is 17.1 Å². The first kappa shape index (κ1) is 8.84. The summed E-state index contributed by atoms with van der Waals surface area (Å²) in [5, 5.41) is 4.23. The Morgan fingerprint density at radius 2 is 1.75 bits per heavy atom. The third-order valence-electron chi connectivity index (χ3n) is 2.33. The molecule has 2 heterocycles. The van der Waals surface area contributed by atoms with E-state index in [-0.39, 0.29) is 0 Å². The van der Waals surface area contributed by atoms with Crippen molar-refractivity contribution in [2.24, 2.45) is 0 Å². The second-order valence-electron chi connectivity index (χ2n) is 3.36. The molecule has 0 spiro atoms. The molecule has 3 rings (SSSR count). The van der Waals surface area contributed by atoms with Crippen LogP contribution in [0, 0.1) is 0 Å². The van der Waals surface area contributed by atoms with Gasteiger partial charge in [0.25, 0.3) is 0 Å². The molecule has 5 heteroatoms. The maximum absolute atomic E-state index is 5.78. The topological polar surface area (TPSA) is 69.6 Å². The molecule has 0 atom stereocenters. The molecule has 0 saturated carbocycles. The number of para-hydroxylation sites is 1. The average Bonchev–Trinajstić information content (AvgIpc) is 2.69. The largest absolute Gasteiger partial charge is 0.380 e. The highest BCUT2D eigenvalue weighted by Gasteiger charge is 2.10. The van der Waals surface area contributed by atoms with Crippen molar-refractivity contribution < 1.29 is 0 Å². The van der Waals surface area contributed by atoms with E-state index < -0.39 is 0 Å². The van der Waals surface area contributed by atoms with Gasteiger partial charge in [0.15, 0.2) is 17.0 Å². The van der Waals surface area contributed by atoms with Gasteiger partial charge in [0.2, 0.25) is 0 Å². The van der Waals surface area contributed by atoms with Gasteiger partial charge in [0, 0.05) is 12.4 Å². The molecule has 0 aliphatic rings. The summed E-state index contributed by atoms with van der Waals surface area (Å²) >= 11 is 0. The second-order valence-corrected chi connectivity index (χ2v) is 3.36. The number of aromatic nitrogens is 4. The quantitative estimate of drug-likeness (QED) is 0.660. The zero-order valence-corrected chi connectivity index (χ0v) is 8.41. The summed E-state index contributed by atoms with van der Waals surface area (Å²) in [6, 6.07) is 9.72. The van der Waals surface area contributed by atoms with Crippen molar-refractivity contribution in [2.75, 3.05) is 5.73 Å². The Balaban J connectivity index is 2.33. The molecule has 0 saturated heterocycles. The van der Waals surface area contributed by atoms with Crippen LogP contribution in [0.5, 0.6) is 0 Å². The van der Waals surface area contributed by atoms with E-state index in [1.165, 1.54) is 0 Å². The van der Waals surface area contributed by atoms with Crippen LogP contribution in [0.15, 0.2) is 42.7 Å². The molecule has 1 aromatic carbocycles. The van der Waals surface area contributed by atoms with Gasteiger partial charge >= 0.3 is 0 Å². The predicted octanol–water partition coefficient (Wildman–Crippen LogP) is 1.40. The number of rotatable bonds is 1. The predicted molar refractivity (Wildman–Crippen MR) is 61.1 cm³/mol. The molecule has 0 aliphatic carbocycles. The van der Waals surface area contributed by atoms with E-state index in [4.69, 9.17) is 5.73 Å². The van der Waals surface area contributed by atoms with Gasteiger partial charge in [-0.25, -0.2) is 14.6 Å². The Morgan fingerprint density at radius 1 is 1.00 bits per heavy atom. The van der Waals surface area contributed by atoms with E-state index in [0.717, 1.165) is 5.69 Å². The van der Waals surface area contributed by atoms with Crippen molar-refractivity contribution in [3.8, 4) is 5.69 Å². The number of anilines is 1. The Kier molecular flexibility index (Phi) is 1.83. The number of nitrogen functional groups attached to an aromatic ring is 1. The lowest BCUT2D eigenvalue weighted by atomic mass is 10.3. The summed E-state index contributed by atoms with van der Waals surface area (Å²) in [7, 11) is 0. The fourth-order valence-corrected chi connectivity index (χ4v) is 1.62. The Bertz CT molecular complexity index is 629. The highest BCUT2D eigenvalue weighted by Crippen LogP contribution is 2.18. The van der Waals surface area contributed by atoms with Gasteiger partial charge < -0.3 is 5.73 Å². The molecule has 0 fully saturated rings. The number of nitrogens with zero attached hydrogens (tertiary/aromatic N) is 4. The van der Waals surface area contributed by atoms with Crippen LogP contribution < -0.4 is 5.73 Å². The minimum atomic E-state index is 0.395. The van der Waals surface area contributed by atoms with E-state index in [2.05, 4.69) is 15.1 Å². The molecule has 3 aromatic rings. The number of benzene rings is 1. The van der Waals surface area contributed by atoms with E-state index in [1.807, 2.05) is 30.3 Å². The van der Waals surface area contributed by atoms with Gasteiger partial charge in [-0.05, 0) is 12.1 Å². The molecule has 16 heavy (non-hydrogen) atoms. The van der Waals surface area contributed by atoms with Gasteiger partial charge in [0.05, 0.1) is 5.69 Å². The maximum Gasteiger partial charge on any atom is 0.183 e. The lowest BCUT2D eigenvalue weighted by molar-refractivity contribution is 0.902. The third kappa shape index (κ3) is 1.22. The van der Waals surface area contributed by atoms with E-state index in [9.17, 15) is 0 Å². The fraction of sp³-hybridized carbons (Fsp3) is 0. The molecule has 78 valence electrons. The maximum atomic E-state index is 5.78. The van der Waals surface area contributed by atoms with Gasteiger partial charge in [-0.1, -0.05) is 18.2 Å². The number of nitrogens with two attached hydrogens (primary N) is 1. The Labute approximate surface area is 91.6 Å². The molecule has 0 radical (unpaired) electrons. The highest BCUT2D eigenvalue weighted by atomic mass is 15.3. The lowest BCUT2D eigenvalue weighted by Gasteiger charge is -2.00. The van der Waals surface area contributed by atoms with Crippen LogP contribution in [0.3, 0.4) is 0 Å². The zero-order valence-electron chi connectivity index (χ0n) is 8.41. The SMILES string of the molecule is Nc1nn(-c2ccccc2)c2nccnc12. The van der Waals surface area contributed by atoms with Gasteiger partial charge in [0.1, 0.15) is 0 Å². The van der Waals surface area contributed by atoms with Crippen LogP contribution in [0.25, 0.3) is 16.9 Å². The summed E-state index contributed by atoms with van der Waals surface area (Å²) in [5.74, 6) is 0.395. The third-order valence-corrected chi connectivity index (χ3v) is 2.33. The molecule has 5 nitrogen and oxygen atoms in total. The Hall–Kier alpha value is -2.43. The number of fused-ring (bicyclic) bond motifs is 1. The van der Waals surface area contributed by atoms with Crippen LogP contribution in [0.1, 0.15) is 0 Å². The summed E-state index contributed by atoms with van der Waals surface area (Å²) < 4.78 is 1.69. The first-order chi connectivity index (χ1) is 7.86. The summed E-state index contributed by atoms with van der Waals surface area (Å²) in [5.41, 5.74) is 8.00. The van der Waals surface area contributed by atoms with Gasteiger partial charge in [-0.15, -0.1) is 5.10 Å². The first-order valence-electron chi connectivity index (χ1n) is 4.87. The highest BCUT2D eigenvalue weighted by molar-refractivity contribution is 5.82. The molecule has 0 unspecified atom stereocenters. The van der Waals surface area contributed by atoms with Crippen LogP contribution in [-0.4, -0.2) is 19.7 Å². The molecule has 2 N–H and O–H groups in total.